The first-order valence-electron chi connectivity index (χ1n) is 5.40. The normalized spacial score (nSPS) is 20.1. The van der Waals surface area contributed by atoms with E-state index >= 15 is 0 Å². The Morgan fingerprint density at radius 1 is 1.69 bits per heavy atom. The molecule has 88 valence electrons. The molecule has 4 nitrogen and oxygen atoms in total. The fourth-order valence-corrected chi connectivity index (χ4v) is 2.85. The third-order valence-electron chi connectivity index (χ3n) is 2.68. The van der Waals surface area contributed by atoms with Gasteiger partial charge in [0.05, 0.1) is 12.6 Å². The topological polar surface area (TPSA) is 49.8 Å². The summed E-state index contributed by atoms with van der Waals surface area (Å²) in [6.07, 6.45) is 1.69. The van der Waals surface area contributed by atoms with Crippen LogP contribution >= 0.6 is 11.3 Å². The van der Waals surface area contributed by atoms with E-state index in [1.54, 1.807) is 16.2 Å². The summed E-state index contributed by atoms with van der Waals surface area (Å²) in [6.45, 7) is 0.697. The van der Waals surface area contributed by atoms with Gasteiger partial charge in [-0.2, -0.15) is 0 Å². The fourth-order valence-electron chi connectivity index (χ4n) is 1.98. The standard InChI is InChI=1S/C11H15NO3S/c13-6-7-15-11(14)12-5-1-3-9(12)10-4-2-8-16-10/h2,4,8-9,13H,1,3,5-7H2. The van der Waals surface area contributed by atoms with Crippen molar-refractivity contribution in [3.63, 3.8) is 0 Å². The SMILES string of the molecule is O=C(OCCO)N1CCCC1c1cccs1. The van der Waals surface area contributed by atoms with Crippen molar-refractivity contribution in [2.75, 3.05) is 19.8 Å². The quantitative estimate of drug-likeness (QED) is 0.880. The van der Waals surface area contributed by atoms with Gasteiger partial charge >= 0.3 is 6.09 Å². The number of hydrogen-bond donors (Lipinski definition) is 1. The van der Waals surface area contributed by atoms with Crippen LogP contribution in [0.2, 0.25) is 0 Å². The zero-order valence-corrected chi connectivity index (χ0v) is 9.78. The summed E-state index contributed by atoms with van der Waals surface area (Å²) in [5, 5.41) is 10.6. The Labute approximate surface area is 98.4 Å². The molecule has 1 aliphatic heterocycles. The van der Waals surface area contributed by atoms with Crippen LogP contribution in [-0.2, 0) is 4.74 Å². The van der Waals surface area contributed by atoms with Gasteiger partial charge in [-0.15, -0.1) is 11.3 Å². The molecule has 1 atom stereocenters. The second-order valence-electron chi connectivity index (χ2n) is 3.70. The molecule has 0 bridgehead atoms. The number of hydrogen-bond acceptors (Lipinski definition) is 4. The lowest BCUT2D eigenvalue weighted by Crippen LogP contribution is -2.31. The molecule has 1 aromatic heterocycles. The second-order valence-corrected chi connectivity index (χ2v) is 4.68. The van der Waals surface area contributed by atoms with E-state index in [-0.39, 0.29) is 25.3 Å². The molecule has 1 amide bonds. The van der Waals surface area contributed by atoms with Crippen LogP contribution < -0.4 is 0 Å². The van der Waals surface area contributed by atoms with Crippen molar-refractivity contribution >= 4 is 17.4 Å². The minimum Gasteiger partial charge on any atom is -0.447 e. The van der Waals surface area contributed by atoms with E-state index < -0.39 is 0 Å². The molecule has 1 aliphatic rings. The first-order valence-corrected chi connectivity index (χ1v) is 6.28. The summed E-state index contributed by atoms with van der Waals surface area (Å²) in [7, 11) is 0. The number of aliphatic hydroxyl groups is 1. The van der Waals surface area contributed by atoms with Gasteiger partial charge in [-0.3, -0.25) is 0 Å². The molecule has 1 aromatic rings. The molecule has 0 radical (unpaired) electrons. The minimum absolute atomic E-state index is 0.0759. The summed E-state index contributed by atoms with van der Waals surface area (Å²) in [6, 6.07) is 4.20. The molecule has 0 spiro atoms. The minimum atomic E-state index is -0.315. The summed E-state index contributed by atoms with van der Waals surface area (Å²) in [4.78, 5) is 14.7. The van der Waals surface area contributed by atoms with Crippen molar-refractivity contribution < 1.29 is 14.6 Å². The van der Waals surface area contributed by atoms with Crippen LogP contribution in [0.25, 0.3) is 0 Å². The van der Waals surface area contributed by atoms with E-state index in [4.69, 9.17) is 9.84 Å². The predicted octanol–water partition coefficient (Wildman–Crippen LogP) is 2.01. The Bertz CT molecular complexity index is 339. The molecule has 1 saturated heterocycles. The number of carbonyl (C=O) groups is 1. The average Bonchev–Trinajstić information content (AvgIpc) is 2.94. The zero-order chi connectivity index (χ0) is 11.4. The highest BCUT2D eigenvalue weighted by molar-refractivity contribution is 7.10. The Morgan fingerprint density at radius 2 is 2.56 bits per heavy atom. The van der Waals surface area contributed by atoms with Gasteiger partial charge in [0.15, 0.2) is 0 Å². The number of nitrogens with zero attached hydrogens (tertiary/aromatic N) is 1. The zero-order valence-electron chi connectivity index (χ0n) is 8.96. The van der Waals surface area contributed by atoms with Crippen LogP contribution in [0.1, 0.15) is 23.8 Å². The number of ether oxygens (including phenoxy) is 1. The number of thiophene rings is 1. The molecule has 1 N–H and O–H groups in total. The average molecular weight is 241 g/mol. The van der Waals surface area contributed by atoms with E-state index in [1.807, 2.05) is 17.5 Å². The maximum atomic E-state index is 11.7. The van der Waals surface area contributed by atoms with E-state index in [0.29, 0.717) is 0 Å². The van der Waals surface area contributed by atoms with Crippen molar-refractivity contribution in [2.45, 2.75) is 18.9 Å². The first-order chi connectivity index (χ1) is 7.83. The van der Waals surface area contributed by atoms with Crippen LogP contribution in [0.4, 0.5) is 4.79 Å². The highest BCUT2D eigenvalue weighted by Gasteiger charge is 2.31. The molecule has 0 aliphatic carbocycles. The Morgan fingerprint density at radius 3 is 3.25 bits per heavy atom. The summed E-state index contributed by atoms with van der Waals surface area (Å²) >= 11 is 1.67. The summed E-state index contributed by atoms with van der Waals surface area (Å²) in [5.41, 5.74) is 0. The lowest BCUT2D eigenvalue weighted by molar-refractivity contribution is 0.0811. The molecule has 1 unspecified atom stereocenters. The molecule has 16 heavy (non-hydrogen) atoms. The number of amides is 1. The van der Waals surface area contributed by atoms with Gasteiger partial charge in [-0.25, -0.2) is 4.79 Å². The number of likely N-dealkylation sites (tertiary alicyclic amines) is 1. The van der Waals surface area contributed by atoms with Gasteiger partial charge in [0.25, 0.3) is 0 Å². The van der Waals surface area contributed by atoms with Gasteiger partial charge in [0, 0.05) is 11.4 Å². The number of carbonyl (C=O) groups excluding carboxylic acids is 1. The molecular formula is C11H15NO3S. The molecule has 2 heterocycles. The fraction of sp³-hybridized carbons (Fsp3) is 0.545. The monoisotopic (exact) mass is 241 g/mol. The van der Waals surface area contributed by atoms with Crippen molar-refractivity contribution in [1.29, 1.82) is 0 Å². The van der Waals surface area contributed by atoms with Gasteiger partial charge in [0.2, 0.25) is 0 Å². The van der Waals surface area contributed by atoms with Gasteiger partial charge in [-0.1, -0.05) is 6.07 Å². The van der Waals surface area contributed by atoms with Crippen molar-refractivity contribution in [1.82, 2.24) is 4.90 Å². The lowest BCUT2D eigenvalue weighted by atomic mass is 10.2. The van der Waals surface area contributed by atoms with E-state index in [1.165, 1.54) is 4.88 Å². The summed E-state index contributed by atoms with van der Waals surface area (Å²) in [5.74, 6) is 0. The van der Waals surface area contributed by atoms with Crippen molar-refractivity contribution in [2.24, 2.45) is 0 Å². The lowest BCUT2D eigenvalue weighted by Gasteiger charge is -2.22. The molecule has 1 fully saturated rings. The van der Waals surface area contributed by atoms with Crippen LogP contribution in [0.3, 0.4) is 0 Å². The number of rotatable bonds is 3. The van der Waals surface area contributed by atoms with Crippen LogP contribution in [0.15, 0.2) is 17.5 Å². The highest BCUT2D eigenvalue weighted by Crippen LogP contribution is 2.34. The van der Waals surface area contributed by atoms with Crippen molar-refractivity contribution in [3.8, 4) is 0 Å². The van der Waals surface area contributed by atoms with Crippen LogP contribution in [0.5, 0.6) is 0 Å². The van der Waals surface area contributed by atoms with E-state index in [0.717, 1.165) is 19.4 Å². The van der Waals surface area contributed by atoms with E-state index in [2.05, 4.69) is 0 Å². The largest absolute Gasteiger partial charge is 0.447 e. The smallest absolute Gasteiger partial charge is 0.410 e. The highest BCUT2D eigenvalue weighted by atomic mass is 32.1. The maximum absolute atomic E-state index is 11.7. The Kier molecular flexibility index (Phi) is 3.79. The van der Waals surface area contributed by atoms with Crippen LogP contribution in [-0.4, -0.2) is 35.9 Å². The molecule has 0 aromatic carbocycles. The van der Waals surface area contributed by atoms with Gasteiger partial charge < -0.3 is 14.7 Å². The van der Waals surface area contributed by atoms with Gasteiger partial charge in [-0.05, 0) is 24.3 Å². The third-order valence-corrected chi connectivity index (χ3v) is 3.65. The maximum Gasteiger partial charge on any atom is 0.410 e. The second kappa shape index (κ2) is 5.32. The molecular weight excluding hydrogens is 226 g/mol. The van der Waals surface area contributed by atoms with E-state index in [9.17, 15) is 4.79 Å². The molecule has 0 saturated carbocycles. The van der Waals surface area contributed by atoms with Gasteiger partial charge in [0.1, 0.15) is 6.61 Å². The number of aliphatic hydroxyl groups excluding tert-OH is 1. The Balaban J connectivity index is 2.01. The molecule has 5 heteroatoms. The first kappa shape index (κ1) is 11.4. The Hall–Kier alpha value is -1.07. The van der Waals surface area contributed by atoms with Crippen molar-refractivity contribution in [3.05, 3.63) is 22.4 Å². The third kappa shape index (κ3) is 2.36. The summed E-state index contributed by atoms with van der Waals surface area (Å²) < 4.78 is 4.95. The van der Waals surface area contributed by atoms with Crippen LogP contribution in [0, 0.1) is 0 Å². The predicted molar refractivity (Wildman–Crippen MR) is 61.4 cm³/mol. The molecule has 2 rings (SSSR count).